The summed E-state index contributed by atoms with van der Waals surface area (Å²) >= 11 is 0. The molecule has 0 saturated heterocycles. The Labute approximate surface area is 47.5 Å². The molecule has 8 heavy (non-hydrogen) atoms. The molecule has 0 aliphatic heterocycles. The molecule has 0 amide bonds. The fourth-order valence-corrected chi connectivity index (χ4v) is 0.238. The molecule has 0 aromatic heterocycles. The van der Waals surface area contributed by atoms with Gasteiger partial charge in [-0.2, -0.15) is 0 Å². The van der Waals surface area contributed by atoms with Gasteiger partial charge >= 0.3 is 0 Å². The van der Waals surface area contributed by atoms with Gasteiger partial charge in [-0.1, -0.05) is 5.92 Å². The lowest BCUT2D eigenvalue weighted by Crippen LogP contribution is -2.30. The maximum Gasteiger partial charge on any atom is 0.0714 e. The van der Waals surface area contributed by atoms with Crippen LogP contribution < -0.4 is 10.8 Å². The smallest absolute Gasteiger partial charge is 0.0714 e. The highest BCUT2D eigenvalue weighted by atomic mass is 16.4. The highest BCUT2D eigenvalue weighted by molar-refractivity contribution is 5.65. The lowest BCUT2D eigenvalue weighted by atomic mass is 10.2. The first-order valence-electron chi connectivity index (χ1n) is 2.08. The Kier molecular flexibility index (Phi) is 2.67. The Morgan fingerprint density at radius 3 is 2.62 bits per heavy atom. The number of carboxylic acids is 1. The normalized spacial score (nSPS) is 12.0. The highest BCUT2D eigenvalue weighted by Crippen LogP contribution is 1.80. The molecule has 1 atom stereocenters. The number of carbonyl (C=O) groups excluding carboxylic acids is 1. The molecular formula is C5H6NO2-. The second kappa shape index (κ2) is 3.05. The monoisotopic (exact) mass is 112 g/mol. The topological polar surface area (TPSA) is 66.2 Å². The van der Waals surface area contributed by atoms with E-state index in [2.05, 4.69) is 5.92 Å². The molecule has 44 valence electrons. The molecule has 0 radical (unpaired) electrons. The summed E-state index contributed by atoms with van der Waals surface area (Å²) < 4.78 is 0. The predicted octanol–water partition coefficient (Wildman–Crippen LogP) is -1.91. The molecule has 0 aliphatic carbocycles. The minimum Gasteiger partial charge on any atom is -0.550 e. The van der Waals surface area contributed by atoms with Crippen molar-refractivity contribution >= 4 is 5.97 Å². The number of carboxylic acid groups (broad SMARTS) is 1. The lowest BCUT2D eigenvalue weighted by molar-refractivity contribution is -0.305. The van der Waals surface area contributed by atoms with Crippen LogP contribution in [0, 0.1) is 12.3 Å². The Morgan fingerprint density at radius 1 is 2.00 bits per heavy atom. The number of rotatable bonds is 2. The minimum atomic E-state index is -1.21. The van der Waals surface area contributed by atoms with Crippen molar-refractivity contribution in [2.24, 2.45) is 5.73 Å². The molecule has 0 spiro atoms. The van der Waals surface area contributed by atoms with E-state index < -0.39 is 12.0 Å². The lowest BCUT2D eigenvalue weighted by Gasteiger charge is -2.02. The van der Waals surface area contributed by atoms with Crippen LogP contribution in [0.3, 0.4) is 0 Å². The maximum atomic E-state index is 9.68. The fraction of sp³-hybridized carbons (Fsp3) is 0.400. The quantitative estimate of drug-likeness (QED) is 0.424. The zero-order valence-electron chi connectivity index (χ0n) is 4.26. The van der Waals surface area contributed by atoms with Crippen LogP contribution in [-0.2, 0) is 4.79 Å². The average Bonchev–Trinajstić information content (AvgIpc) is 1.65. The van der Waals surface area contributed by atoms with Crippen molar-refractivity contribution in [2.75, 3.05) is 0 Å². The zero-order chi connectivity index (χ0) is 6.57. The Bertz CT molecular complexity index is 125. The van der Waals surface area contributed by atoms with Gasteiger partial charge in [-0.05, 0) is 0 Å². The maximum absolute atomic E-state index is 9.68. The van der Waals surface area contributed by atoms with Crippen molar-refractivity contribution < 1.29 is 9.90 Å². The second-order valence-corrected chi connectivity index (χ2v) is 1.35. The second-order valence-electron chi connectivity index (χ2n) is 1.35. The largest absolute Gasteiger partial charge is 0.550 e. The first kappa shape index (κ1) is 6.99. The van der Waals surface area contributed by atoms with Gasteiger partial charge in [-0.3, -0.25) is 0 Å². The van der Waals surface area contributed by atoms with E-state index in [-0.39, 0.29) is 6.42 Å². The van der Waals surface area contributed by atoms with E-state index in [1.165, 1.54) is 0 Å². The summed E-state index contributed by atoms with van der Waals surface area (Å²) in [6, 6.07) is -0.708. The number of hydrogen-bond donors (Lipinski definition) is 1. The number of aliphatic carboxylic acids is 1. The van der Waals surface area contributed by atoms with Crippen molar-refractivity contribution in [1.29, 1.82) is 0 Å². The van der Waals surface area contributed by atoms with Crippen LogP contribution in [0.4, 0.5) is 0 Å². The van der Waals surface area contributed by atoms with Crippen molar-refractivity contribution in [2.45, 2.75) is 12.5 Å². The van der Waals surface area contributed by atoms with E-state index in [1.54, 1.807) is 0 Å². The van der Waals surface area contributed by atoms with Gasteiger partial charge in [0, 0.05) is 12.4 Å². The summed E-state index contributed by atoms with van der Waals surface area (Å²) in [4.78, 5) is 9.68. The Hall–Kier alpha value is -1.01. The number of nitrogens with two attached hydrogens (primary N) is 1. The van der Waals surface area contributed by atoms with Crippen LogP contribution in [0.15, 0.2) is 0 Å². The Balaban J connectivity index is 3.43. The summed E-state index contributed by atoms with van der Waals surface area (Å²) in [5, 5.41) is 9.68. The van der Waals surface area contributed by atoms with Crippen molar-refractivity contribution in [1.82, 2.24) is 0 Å². The van der Waals surface area contributed by atoms with Crippen LogP contribution in [0.1, 0.15) is 6.42 Å². The van der Waals surface area contributed by atoms with E-state index in [0.29, 0.717) is 0 Å². The summed E-state index contributed by atoms with van der Waals surface area (Å²) in [6.45, 7) is 0. The zero-order valence-corrected chi connectivity index (χ0v) is 4.26. The first-order valence-corrected chi connectivity index (χ1v) is 2.08. The van der Waals surface area contributed by atoms with Gasteiger partial charge in [-0.25, -0.2) is 0 Å². The minimum absolute atomic E-state index is 0.267. The molecule has 2 N–H and O–H groups in total. The van der Waals surface area contributed by atoms with Gasteiger partial charge in [0.2, 0.25) is 0 Å². The molecule has 0 aliphatic rings. The van der Waals surface area contributed by atoms with Gasteiger partial charge in [0.25, 0.3) is 0 Å². The van der Waals surface area contributed by atoms with Crippen LogP contribution in [-0.4, -0.2) is 12.0 Å². The van der Waals surface area contributed by atoms with Gasteiger partial charge < -0.3 is 15.6 Å². The van der Waals surface area contributed by atoms with Crippen molar-refractivity contribution in [3.8, 4) is 12.3 Å². The van der Waals surface area contributed by atoms with E-state index in [9.17, 15) is 9.90 Å². The summed E-state index contributed by atoms with van der Waals surface area (Å²) in [6.07, 6.45) is 4.49. The molecular weight excluding hydrogens is 106 g/mol. The molecule has 0 rings (SSSR count). The number of hydrogen-bond acceptors (Lipinski definition) is 3. The van der Waals surface area contributed by atoms with Crippen LogP contribution in [0.2, 0.25) is 0 Å². The molecule has 0 aromatic rings. The molecule has 0 heterocycles. The van der Waals surface area contributed by atoms with E-state index in [4.69, 9.17) is 12.2 Å². The third-order valence-electron chi connectivity index (χ3n) is 0.601. The SMILES string of the molecule is C#CC(N)CC(=O)[O-]. The molecule has 0 fully saturated rings. The molecule has 0 saturated carbocycles. The van der Waals surface area contributed by atoms with Gasteiger partial charge in [0.05, 0.1) is 6.04 Å². The van der Waals surface area contributed by atoms with Crippen molar-refractivity contribution in [3.05, 3.63) is 0 Å². The van der Waals surface area contributed by atoms with E-state index in [1.807, 2.05) is 0 Å². The van der Waals surface area contributed by atoms with Gasteiger partial charge in [-0.15, -0.1) is 6.42 Å². The summed E-state index contributed by atoms with van der Waals surface area (Å²) in [5.74, 6) is 0.841. The van der Waals surface area contributed by atoms with E-state index in [0.717, 1.165) is 0 Å². The molecule has 1 unspecified atom stereocenters. The number of carbonyl (C=O) groups is 1. The first-order chi connectivity index (χ1) is 3.66. The van der Waals surface area contributed by atoms with E-state index >= 15 is 0 Å². The van der Waals surface area contributed by atoms with Crippen LogP contribution >= 0.6 is 0 Å². The third-order valence-corrected chi connectivity index (χ3v) is 0.601. The van der Waals surface area contributed by atoms with Gasteiger partial charge in [0.1, 0.15) is 0 Å². The van der Waals surface area contributed by atoms with Crippen LogP contribution in [0.5, 0.6) is 0 Å². The Morgan fingerprint density at radius 2 is 2.50 bits per heavy atom. The fourth-order valence-electron chi connectivity index (χ4n) is 0.238. The standard InChI is InChI=1S/C5H7NO2/c1-2-4(6)3-5(7)8/h1,4H,3,6H2,(H,7,8)/p-1. The molecule has 3 nitrogen and oxygen atoms in total. The van der Waals surface area contributed by atoms with Crippen LogP contribution in [0.25, 0.3) is 0 Å². The third kappa shape index (κ3) is 3.19. The molecule has 0 bridgehead atoms. The summed E-state index contributed by atoms with van der Waals surface area (Å²) in [5.41, 5.74) is 5.02. The molecule has 3 heteroatoms. The average molecular weight is 112 g/mol. The highest BCUT2D eigenvalue weighted by Gasteiger charge is 1.94. The summed E-state index contributed by atoms with van der Waals surface area (Å²) in [7, 11) is 0. The van der Waals surface area contributed by atoms with Gasteiger partial charge in [0.15, 0.2) is 0 Å². The predicted molar refractivity (Wildman–Crippen MR) is 26.4 cm³/mol. The number of terminal acetylenes is 1. The van der Waals surface area contributed by atoms with Crippen molar-refractivity contribution in [3.63, 3.8) is 0 Å². The molecule has 0 aromatic carbocycles.